The molecule has 0 aliphatic heterocycles. The molecule has 0 bridgehead atoms. The fourth-order valence-corrected chi connectivity index (χ4v) is 2.06. The van der Waals surface area contributed by atoms with Gasteiger partial charge in [-0.1, -0.05) is 18.2 Å². The molecule has 1 aromatic heterocycles. The molecule has 0 unspecified atom stereocenters. The van der Waals surface area contributed by atoms with Crippen LogP contribution in [-0.2, 0) is 13.0 Å². The number of fused-ring (bicyclic) bond motifs is 1. The Bertz CT molecular complexity index is 572. The van der Waals surface area contributed by atoms with E-state index in [0.717, 1.165) is 16.5 Å². The minimum absolute atomic E-state index is 0.299. The highest BCUT2D eigenvalue weighted by atomic mass is 16.3. The summed E-state index contributed by atoms with van der Waals surface area (Å²) in [5.41, 5.74) is 6.34. The van der Waals surface area contributed by atoms with E-state index in [0.29, 0.717) is 13.0 Å². The van der Waals surface area contributed by atoms with E-state index < -0.39 is 5.72 Å². The van der Waals surface area contributed by atoms with Crippen molar-refractivity contribution < 1.29 is 5.11 Å². The molecule has 0 amide bonds. The van der Waals surface area contributed by atoms with Crippen molar-refractivity contribution in [2.45, 2.75) is 25.6 Å². The molecule has 0 saturated carbocycles. The highest BCUT2D eigenvalue weighted by Crippen LogP contribution is 2.23. The summed E-state index contributed by atoms with van der Waals surface area (Å²) in [6.07, 6.45) is 2.25. The lowest BCUT2D eigenvalue weighted by Crippen LogP contribution is -2.37. The first-order chi connectivity index (χ1) is 8.01. The van der Waals surface area contributed by atoms with Crippen LogP contribution in [0, 0.1) is 11.3 Å². The van der Waals surface area contributed by atoms with Crippen molar-refractivity contribution in [1.82, 2.24) is 4.57 Å². The van der Waals surface area contributed by atoms with Gasteiger partial charge >= 0.3 is 0 Å². The summed E-state index contributed by atoms with van der Waals surface area (Å²) >= 11 is 0. The van der Waals surface area contributed by atoms with E-state index in [-0.39, 0.29) is 0 Å². The van der Waals surface area contributed by atoms with E-state index in [1.807, 2.05) is 35.0 Å². The van der Waals surface area contributed by atoms with Crippen molar-refractivity contribution >= 4 is 10.9 Å². The van der Waals surface area contributed by atoms with E-state index in [2.05, 4.69) is 6.07 Å². The van der Waals surface area contributed by atoms with Gasteiger partial charge in [-0.15, -0.1) is 0 Å². The summed E-state index contributed by atoms with van der Waals surface area (Å²) in [4.78, 5) is 0. The standard InChI is InChI=1S/C13H15N3O/c1-13(15,17)8-10-9-16(7-6-14)12-5-3-2-4-11(10)12/h2-5,9,17H,7-8,15H2,1H3/t13-/m1/s1. The van der Waals surface area contributed by atoms with Crippen molar-refractivity contribution in [2.24, 2.45) is 5.73 Å². The van der Waals surface area contributed by atoms with Gasteiger partial charge in [0.1, 0.15) is 12.3 Å². The molecule has 1 aromatic carbocycles. The summed E-state index contributed by atoms with van der Waals surface area (Å²) in [6.45, 7) is 1.87. The van der Waals surface area contributed by atoms with Crippen LogP contribution in [-0.4, -0.2) is 15.4 Å². The first-order valence-electron chi connectivity index (χ1n) is 5.46. The quantitative estimate of drug-likeness (QED) is 0.781. The molecule has 0 aliphatic carbocycles. The third kappa shape index (κ3) is 2.47. The Balaban J connectivity index is 2.53. The van der Waals surface area contributed by atoms with Gasteiger partial charge in [-0.05, 0) is 18.6 Å². The van der Waals surface area contributed by atoms with Crippen LogP contribution in [0.5, 0.6) is 0 Å². The van der Waals surface area contributed by atoms with Crippen LogP contribution in [0.25, 0.3) is 10.9 Å². The zero-order chi connectivity index (χ0) is 12.5. The number of rotatable bonds is 3. The molecule has 1 atom stereocenters. The number of aliphatic hydroxyl groups is 1. The number of aromatic nitrogens is 1. The molecular weight excluding hydrogens is 214 g/mol. The summed E-state index contributed by atoms with van der Waals surface area (Å²) in [6, 6.07) is 9.93. The van der Waals surface area contributed by atoms with Crippen molar-refractivity contribution in [1.29, 1.82) is 5.26 Å². The number of nitrogens with two attached hydrogens (primary N) is 1. The minimum Gasteiger partial charge on any atom is -0.376 e. The Labute approximate surface area is 99.9 Å². The molecule has 0 aliphatic rings. The molecule has 88 valence electrons. The van der Waals surface area contributed by atoms with Crippen LogP contribution in [0.2, 0.25) is 0 Å². The maximum absolute atomic E-state index is 9.67. The van der Waals surface area contributed by atoms with Gasteiger partial charge in [0.25, 0.3) is 0 Å². The molecule has 2 rings (SSSR count). The molecule has 4 heteroatoms. The maximum Gasteiger partial charge on any atom is 0.114 e. The van der Waals surface area contributed by atoms with E-state index in [4.69, 9.17) is 11.0 Å². The van der Waals surface area contributed by atoms with Gasteiger partial charge < -0.3 is 15.4 Å². The second-order valence-electron chi connectivity index (χ2n) is 4.49. The summed E-state index contributed by atoms with van der Waals surface area (Å²) in [5.74, 6) is 0. The monoisotopic (exact) mass is 229 g/mol. The molecule has 0 fully saturated rings. The van der Waals surface area contributed by atoms with E-state index in [9.17, 15) is 5.11 Å². The second-order valence-corrected chi connectivity index (χ2v) is 4.49. The average Bonchev–Trinajstić information content (AvgIpc) is 2.56. The Morgan fingerprint density at radius 1 is 1.47 bits per heavy atom. The number of hydrogen-bond acceptors (Lipinski definition) is 3. The fourth-order valence-electron chi connectivity index (χ4n) is 2.06. The molecule has 4 nitrogen and oxygen atoms in total. The van der Waals surface area contributed by atoms with Gasteiger partial charge in [-0.25, -0.2) is 0 Å². The van der Waals surface area contributed by atoms with Gasteiger partial charge in [0.2, 0.25) is 0 Å². The number of hydrogen-bond donors (Lipinski definition) is 2. The SMILES string of the molecule is C[C@@](N)(O)Cc1cn(CC#N)c2ccccc12. The minimum atomic E-state index is -1.23. The third-order valence-electron chi connectivity index (χ3n) is 2.66. The second kappa shape index (κ2) is 4.21. The molecule has 0 spiro atoms. The first-order valence-corrected chi connectivity index (χ1v) is 5.46. The van der Waals surface area contributed by atoms with Crippen molar-refractivity contribution in [3.8, 4) is 6.07 Å². The summed E-state index contributed by atoms with van der Waals surface area (Å²) in [7, 11) is 0. The molecule has 17 heavy (non-hydrogen) atoms. The number of nitrogens with zero attached hydrogens (tertiary/aromatic N) is 2. The maximum atomic E-state index is 9.67. The Morgan fingerprint density at radius 2 is 2.18 bits per heavy atom. The Hall–Kier alpha value is -1.83. The van der Waals surface area contributed by atoms with Crippen LogP contribution in [0.1, 0.15) is 12.5 Å². The smallest absolute Gasteiger partial charge is 0.114 e. The zero-order valence-electron chi connectivity index (χ0n) is 9.72. The topological polar surface area (TPSA) is 75.0 Å². The molecule has 0 radical (unpaired) electrons. The predicted molar refractivity (Wildman–Crippen MR) is 66.1 cm³/mol. The molecular formula is C13H15N3O. The van der Waals surface area contributed by atoms with Crippen molar-refractivity contribution in [2.75, 3.05) is 0 Å². The van der Waals surface area contributed by atoms with Crippen molar-refractivity contribution in [3.63, 3.8) is 0 Å². The predicted octanol–water partition coefficient (Wildman–Crippen LogP) is 1.37. The lowest BCUT2D eigenvalue weighted by atomic mass is 10.0. The Kier molecular flexibility index (Phi) is 2.88. The highest BCUT2D eigenvalue weighted by molar-refractivity contribution is 5.84. The normalized spacial score (nSPS) is 14.5. The van der Waals surface area contributed by atoms with Crippen LogP contribution in [0.4, 0.5) is 0 Å². The van der Waals surface area contributed by atoms with Gasteiger partial charge in [0.15, 0.2) is 0 Å². The number of nitriles is 1. The van der Waals surface area contributed by atoms with E-state index in [1.54, 1.807) is 6.92 Å². The van der Waals surface area contributed by atoms with Gasteiger partial charge in [0, 0.05) is 23.5 Å². The highest BCUT2D eigenvalue weighted by Gasteiger charge is 2.17. The van der Waals surface area contributed by atoms with Crippen LogP contribution in [0.15, 0.2) is 30.5 Å². The fraction of sp³-hybridized carbons (Fsp3) is 0.308. The van der Waals surface area contributed by atoms with Gasteiger partial charge in [-0.3, -0.25) is 0 Å². The lowest BCUT2D eigenvalue weighted by molar-refractivity contribution is 0.0680. The average molecular weight is 229 g/mol. The number of benzene rings is 1. The molecule has 2 aromatic rings. The Morgan fingerprint density at radius 3 is 2.82 bits per heavy atom. The van der Waals surface area contributed by atoms with E-state index >= 15 is 0 Å². The first kappa shape index (κ1) is 11.6. The lowest BCUT2D eigenvalue weighted by Gasteiger charge is -2.16. The van der Waals surface area contributed by atoms with Gasteiger partial charge in [-0.2, -0.15) is 5.26 Å². The summed E-state index contributed by atoms with van der Waals surface area (Å²) < 4.78 is 1.87. The third-order valence-corrected chi connectivity index (χ3v) is 2.66. The summed E-state index contributed by atoms with van der Waals surface area (Å²) in [5, 5.41) is 19.5. The van der Waals surface area contributed by atoms with Crippen LogP contribution < -0.4 is 5.73 Å². The molecule has 1 heterocycles. The van der Waals surface area contributed by atoms with E-state index in [1.165, 1.54) is 0 Å². The molecule has 0 saturated heterocycles. The van der Waals surface area contributed by atoms with Crippen LogP contribution in [0.3, 0.4) is 0 Å². The zero-order valence-corrected chi connectivity index (χ0v) is 9.72. The van der Waals surface area contributed by atoms with Crippen molar-refractivity contribution in [3.05, 3.63) is 36.0 Å². The largest absolute Gasteiger partial charge is 0.376 e. The van der Waals surface area contributed by atoms with Gasteiger partial charge in [0.05, 0.1) is 6.07 Å². The molecule has 3 N–H and O–H groups in total. The number of para-hydroxylation sites is 1. The van der Waals surface area contributed by atoms with Crippen LogP contribution >= 0.6 is 0 Å².